The fourth-order valence-corrected chi connectivity index (χ4v) is 10.1. The summed E-state index contributed by atoms with van der Waals surface area (Å²) in [5.41, 5.74) is 2.73. The lowest BCUT2D eigenvalue weighted by molar-refractivity contribution is -0.135. The number of alkyl halides is 2. The second-order valence-electron chi connectivity index (χ2n) is 17.5. The van der Waals surface area contributed by atoms with Crippen molar-refractivity contribution >= 4 is 40.1 Å². The molecule has 18 heteroatoms. The summed E-state index contributed by atoms with van der Waals surface area (Å²) in [6.07, 6.45) is 9.66. The van der Waals surface area contributed by atoms with Gasteiger partial charge in [0.25, 0.3) is 6.43 Å². The van der Waals surface area contributed by atoms with Gasteiger partial charge in [-0.3, -0.25) is 33.5 Å². The highest BCUT2D eigenvalue weighted by Crippen LogP contribution is 2.35. The Hall–Kier alpha value is -5.33. The number of halogens is 2. The minimum absolute atomic E-state index is 0.00846. The van der Waals surface area contributed by atoms with Gasteiger partial charge in [0.1, 0.15) is 17.6 Å². The molecule has 2 N–H and O–H groups in total. The maximum Gasteiger partial charge on any atom is 0.329 e. The van der Waals surface area contributed by atoms with E-state index in [-0.39, 0.29) is 59.2 Å². The lowest BCUT2D eigenvalue weighted by atomic mass is 9.85. The first-order valence-electron chi connectivity index (χ1n) is 22.0. The number of Topliss-reactive ketones (excluding diaryl/α,β-unsaturated/α-hetero) is 1. The summed E-state index contributed by atoms with van der Waals surface area (Å²) in [7, 11) is 1.72. The molecule has 4 aromatic heterocycles. The van der Waals surface area contributed by atoms with Gasteiger partial charge in [-0.2, -0.15) is 10.2 Å². The number of hydrogen-bond donors (Lipinski definition) is 2. The summed E-state index contributed by atoms with van der Waals surface area (Å²) in [6.45, 7) is 4.62. The molecule has 7 heterocycles. The molecular weight excluding hydrogens is 803 g/mol. The van der Waals surface area contributed by atoms with E-state index < -0.39 is 24.5 Å². The number of fused-ring (bicyclic) bond motifs is 2. The normalized spacial score (nSPS) is 23.0. The maximum atomic E-state index is 14.3. The van der Waals surface area contributed by atoms with E-state index in [1.54, 1.807) is 34.8 Å². The van der Waals surface area contributed by atoms with Crippen LogP contribution in [0.3, 0.4) is 0 Å². The molecule has 1 saturated carbocycles. The zero-order valence-corrected chi connectivity index (χ0v) is 35.0. The number of hydrogen-bond acceptors (Lipinski definition) is 11. The first kappa shape index (κ1) is 42.0. The third-order valence-electron chi connectivity index (χ3n) is 13.4. The van der Waals surface area contributed by atoms with E-state index in [0.29, 0.717) is 55.4 Å². The van der Waals surface area contributed by atoms with Crippen molar-refractivity contribution in [2.45, 2.75) is 108 Å². The monoisotopic (exact) mass is 856 g/mol. The molecule has 1 aliphatic carbocycles. The molecule has 9 rings (SSSR count). The standard InChI is InChI=1S/C44H54F2N10O6/c1-51-40-28(4-2-6-34(40)56(44(51)61)35-11-12-38(59)49-43(35)60)5-3-21-62-32-14-17-52(18-15-32)24-27-7-9-30(10-8-27)55-25-29(39(50-55)41(45)46)22-36(58)33-23-47-54-20-16-37(48-42(33)54)53-19-13-31(57)26-53/h2,4,6,16,20,23,25,27,30-32,35,41,57H,3,5,7-15,17-19,21-22,24,26H2,1H3,(H,49,59,60)/t27?,30?,31-,35?/m0/s1. The molecule has 2 atom stereocenters. The molecule has 0 bridgehead atoms. The van der Waals surface area contributed by atoms with Crippen LogP contribution in [-0.2, 0) is 34.2 Å². The zero-order valence-electron chi connectivity index (χ0n) is 35.0. The number of aliphatic hydroxyl groups excluding tert-OH is 1. The molecule has 0 spiro atoms. The number of β-amino-alcohol motifs (C(OH)–C–C–N with tert-alkyl or cyclic N) is 1. The third kappa shape index (κ3) is 8.56. The van der Waals surface area contributed by atoms with Crippen LogP contribution in [0.2, 0.25) is 0 Å². The molecule has 1 aromatic carbocycles. The number of anilines is 1. The Balaban J connectivity index is 0.729. The van der Waals surface area contributed by atoms with Gasteiger partial charge in [-0.15, -0.1) is 0 Å². The fraction of sp³-hybridized carbons (Fsp3) is 0.568. The van der Waals surface area contributed by atoms with Crippen LogP contribution in [0.1, 0.15) is 110 Å². The van der Waals surface area contributed by atoms with E-state index in [0.717, 1.165) is 82.1 Å². The molecule has 62 heavy (non-hydrogen) atoms. The number of aliphatic hydroxyl groups is 1. The van der Waals surface area contributed by atoms with Crippen LogP contribution in [0.15, 0.2) is 47.7 Å². The number of carbonyl (C=O) groups is 3. The molecule has 330 valence electrons. The molecule has 0 radical (unpaired) electrons. The Labute approximate surface area is 356 Å². The van der Waals surface area contributed by atoms with Crippen molar-refractivity contribution in [3.05, 3.63) is 75.7 Å². The number of carbonyl (C=O) groups excluding carboxylic acids is 3. The molecule has 16 nitrogen and oxygen atoms in total. The summed E-state index contributed by atoms with van der Waals surface area (Å²) in [4.78, 5) is 60.3. The quantitative estimate of drug-likeness (QED) is 0.0925. The first-order valence-corrected chi connectivity index (χ1v) is 22.0. The lowest BCUT2D eigenvalue weighted by Gasteiger charge is -2.36. The number of likely N-dealkylation sites (tertiary alicyclic amines) is 1. The van der Waals surface area contributed by atoms with Gasteiger partial charge in [-0.1, -0.05) is 12.1 Å². The summed E-state index contributed by atoms with van der Waals surface area (Å²) >= 11 is 0. The van der Waals surface area contributed by atoms with E-state index in [1.807, 2.05) is 23.1 Å². The SMILES string of the molecule is Cn1c(=O)n(C2CCC(=O)NC2=O)c2cccc(CCCOC3CCN(CC4CCC(n5cc(CC(=O)c6cnn7ccc(N8CC[C@H](O)C8)nc67)c(C(F)F)n5)CC4)CC3)c21. The van der Waals surface area contributed by atoms with Crippen molar-refractivity contribution in [1.29, 1.82) is 0 Å². The molecule has 4 aliphatic rings. The van der Waals surface area contributed by atoms with Crippen LogP contribution in [0.4, 0.5) is 14.6 Å². The average Bonchev–Trinajstić information content (AvgIpc) is 4.06. The predicted molar refractivity (Wildman–Crippen MR) is 224 cm³/mol. The smallest absolute Gasteiger partial charge is 0.329 e. The van der Waals surface area contributed by atoms with E-state index in [2.05, 4.69) is 25.4 Å². The van der Waals surface area contributed by atoms with Gasteiger partial charge in [0.05, 0.1) is 41.0 Å². The number of aromatic nitrogens is 7. The van der Waals surface area contributed by atoms with Crippen molar-refractivity contribution in [3.8, 4) is 0 Å². The Morgan fingerprint density at radius 2 is 1.81 bits per heavy atom. The number of aryl methyl sites for hydroxylation is 2. The number of para-hydroxylation sites is 1. The minimum Gasteiger partial charge on any atom is -0.391 e. The highest BCUT2D eigenvalue weighted by atomic mass is 19.3. The number of rotatable bonds is 14. The van der Waals surface area contributed by atoms with Crippen molar-refractivity contribution in [2.75, 3.05) is 44.2 Å². The van der Waals surface area contributed by atoms with E-state index in [1.165, 1.54) is 15.3 Å². The second kappa shape index (κ2) is 17.8. The van der Waals surface area contributed by atoms with E-state index >= 15 is 0 Å². The van der Waals surface area contributed by atoms with Gasteiger partial charge in [-0.05, 0) is 87.8 Å². The highest BCUT2D eigenvalue weighted by Gasteiger charge is 2.33. The number of nitrogens with one attached hydrogen (secondary N) is 1. The largest absolute Gasteiger partial charge is 0.391 e. The lowest BCUT2D eigenvalue weighted by Crippen LogP contribution is -2.44. The number of imide groups is 1. The summed E-state index contributed by atoms with van der Waals surface area (Å²) < 4.78 is 41.2. The summed E-state index contributed by atoms with van der Waals surface area (Å²) in [5.74, 6) is 0.0327. The Morgan fingerprint density at radius 3 is 2.55 bits per heavy atom. The molecular formula is C44H54F2N10O6. The maximum absolute atomic E-state index is 14.3. The number of nitrogens with zero attached hydrogens (tertiary/aromatic N) is 9. The summed E-state index contributed by atoms with van der Waals surface area (Å²) in [6, 6.07) is 6.84. The van der Waals surface area contributed by atoms with Gasteiger partial charge < -0.3 is 19.6 Å². The number of piperidine rings is 2. The fourth-order valence-electron chi connectivity index (χ4n) is 10.1. The minimum atomic E-state index is -2.81. The molecule has 2 amide bonds. The number of ether oxygens (including phenoxy) is 1. The van der Waals surface area contributed by atoms with Gasteiger partial charge in [-0.25, -0.2) is 23.1 Å². The van der Waals surface area contributed by atoms with Crippen LogP contribution in [0, 0.1) is 5.92 Å². The van der Waals surface area contributed by atoms with Crippen molar-refractivity contribution < 1.29 is 33.0 Å². The Morgan fingerprint density at radius 1 is 1.00 bits per heavy atom. The van der Waals surface area contributed by atoms with Crippen molar-refractivity contribution in [3.63, 3.8) is 0 Å². The second-order valence-corrected chi connectivity index (χ2v) is 17.5. The van der Waals surface area contributed by atoms with E-state index in [9.17, 15) is 33.1 Å². The zero-order chi connectivity index (χ0) is 43.1. The number of amides is 2. The topological polar surface area (TPSA) is 174 Å². The molecule has 3 saturated heterocycles. The van der Waals surface area contributed by atoms with Gasteiger partial charge in [0, 0.05) is 77.2 Å². The first-order chi connectivity index (χ1) is 30.0. The number of ketones is 1. The number of imidazole rings is 1. The van der Waals surface area contributed by atoms with Gasteiger partial charge in [0.2, 0.25) is 11.8 Å². The van der Waals surface area contributed by atoms with Crippen LogP contribution in [-0.4, -0.2) is 113 Å². The van der Waals surface area contributed by atoms with Crippen LogP contribution in [0.25, 0.3) is 16.7 Å². The Bertz CT molecular complexity index is 2510. The van der Waals surface area contributed by atoms with Gasteiger partial charge >= 0.3 is 5.69 Å². The third-order valence-corrected chi connectivity index (χ3v) is 13.4. The Kier molecular flexibility index (Phi) is 12.1. The molecule has 5 aromatic rings. The average molecular weight is 857 g/mol. The predicted octanol–water partition coefficient (Wildman–Crippen LogP) is 4.34. The van der Waals surface area contributed by atoms with Crippen molar-refractivity contribution in [1.82, 2.24) is 43.7 Å². The highest BCUT2D eigenvalue weighted by molar-refractivity contribution is 6.02. The molecule has 1 unspecified atom stereocenters. The molecule has 4 fully saturated rings. The van der Waals surface area contributed by atoms with Crippen molar-refractivity contribution in [2.24, 2.45) is 13.0 Å². The van der Waals surface area contributed by atoms with Crippen LogP contribution >= 0.6 is 0 Å². The van der Waals surface area contributed by atoms with Gasteiger partial charge in [0.15, 0.2) is 11.4 Å². The van der Waals surface area contributed by atoms with E-state index in [4.69, 9.17) is 4.74 Å². The number of benzene rings is 1. The summed E-state index contributed by atoms with van der Waals surface area (Å²) in [5, 5.41) is 20.9. The van der Waals surface area contributed by atoms with Crippen LogP contribution in [0.5, 0.6) is 0 Å². The molecule has 3 aliphatic heterocycles. The van der Waals surface area contributed by atoms with Crippen LogP contribution < -0.4 is 15.9 Å².